The maximum Gasteiger partial charge on any atom is 1.00 e. The first-order valence-corrected chi connectivity index (χ1v) is 11.2. The number of hydrogen-bond donors (Lipinski definition) is 1. The molecule has 0 aliphatic heterocycles. The van der Waals surface area contributed by atoms with Crippen molar-refractivity contribution in [3.8, 4) is 27.3 Å². The van der Waals surface area contributed by atoms with Crippen LogP contribution in [0.15, 0.2) is 47.4 Å². The van der Waals surface area contributed by atoms with Gasteiger partial charge in [0.15, 0.2) is 0 Å². The molecular formula is C17H15NaO4S4. The van der Waals surface area contributed by atoms with Crippen molar-refractivity contribution in [1.29, 1.82) is 0 Å². The Labute approximate surface area is 188 Å². The molecule has 0 saturated carbocycles. The van der Waals surface area contributed by atoms with Gasteiger partial charge >= 0.3 is 29.6 Å². The molecule has 0 amide bonds. The zero-order valence-electron chi connectivity index (χ0n) is 15.3. The summed E-state index contributed by atoms with van der Waals surface area (Å²) in [4.78, 5) is 0.703. The number of benzene rings is 2. The molecule has 0 aliphatic rings. The molecule has 3 rings (SSSR count). The predicted octanol–water partition coefficient (Wildman–Crippen LogP) is 2.55. The molecule has 1 heterocycles. The first-order valence-electron chi connectivity index (χ1n) is 7.17. The fourth-order valence-corrected chi connectivity index (χ4v) is 6.04. The molecule has 0 unspecified atom stereocenters. The minimum atomic E-state index is -4.41. The van der Waals surface area contributed by atoms with Gasteiger partial charge in [-0.2, -0.15) is 8.42 Å². The van der Waals surface area contributed by atoms with Gasteiger partial charge in [0.25, 0.3) is 10.1 Å². The molecule has 0 bridgehead atoms. The predicted molar refractivity (Wildman–Crippen MR) is 106 cm³/mol. The van der Waals surface area contributed by atoms with Crippen molar-refractivity contribution in [1.82, 2.24) is 0 Å². The number of aryl methyl sites for hydroxylation is 1. The monoisotopic (exact) mass is 434 g/mol. The Kier molecular flexibility index (Phi) is 7.20. The van der Waals surface area contributed by atoms with Crippen molar-refractivity contribution in [3.05, 3.63) is 51.9 Å². The maximum absolute atomic E-state index is 11.7. The minimum absolute atomic E-state index is 0. The van der Waals surface area contributed by atoms with E-state index in [1.807, 2.05) is 31.2 Å². The van der Waals surface area contributed by atoms with Gasteiger partial charge in [-0.05, 0) is 30.2 Å². The Hall–Kier alpha value is -0.580. The Morgan fingerprint density at radius 2 is 1.69 bits per heavy atom. The summed E-state index contributed by atoms with van der Waals surface area (Å²) >= 11 is 5.46. The van der Waals surface area contributed by atoms with Gasteiger partial charge in [0.2, 0.25) is 0 Å². The molecule has 0 atom stereocenters. The van der Waals surface area contributed by atoms with Crippen LogP contribution >= 0.6 is 32.9 Å². The summed E-state index contributed by atoms with van der Waals surface area (Å²) in [6, 6.07) is 12.7. The van der Waals surface area contributed by atoms with E-state index in [9.17, 15) is 13.0 Å². The summed E-state index contributed by atoms with van der Waals surface area (Å²) in [6.07, 6.45) is 0. The van der Waals surface area contributed by atoms with Crippen LogP contribution in [0.25, 0.3) is 21.6 Å². The molecule has 9 heteroatoms. The van der Waals surface area contributed by atoms with E-state index in [2.05, 4.69) is 0 Å². The van der Waals surface area contributed by atoms with Crippen molar-refractivity contribution in [2.24, 2.45) is 0 Å². The molecule has 4 nitrogen and oxygen atoms in total. The zero-order valence-corrected chi connectivity index (χ0v) is 19.6. The third-order valence-electron chi connectivity index (χ3n) is 3.68. The summed E-state index contributed by atoms with van der Waals surface area (Å²) < 4.78 is 38.5. The van der Waals surface area contributed by atoms with E-state index in [0.29, 0.717) is 9.39 Å². The number of rotatable bonds is 4. The van der Waals surface area contributed by atoms with Crippen LogP contribution in [0.3, 0.4) is 0 Å². The Morgan fingerprint density at radius 3 is 2.27 bits per heavy atom. The second kappa shape index (κ2) is 8.62. The molecule has 3 aromatic rings. The minimum Gasteiger partial charge on any atom is -1.00 e. The van der Waals surface area contributed by atoms with Gasteiger partial charge < -0.3 is 6.16 Å². The summed E-state index contributed by atoms with van der Waals surface area (Å²) in [6.45, 7) is 2.02. The molecule has 0 fully saturated rings. The number of hydrogen-bond acceptors (Lipinski definition) is 6. The van der Waals surface area contributed by atoms with Gasteiger partial charge in [-0.25, -0.2) is 0 Å². The number of ether oxygens (including phenoxy) is 1. The van der Waals surface area contributed by atoms with E-state index in [4.69, 9.17) is 17.0 Å². The van der Waals surface area contributed by atoms with Crippen molar-refractivity contribution in [3.63, 3.8) is 0 Å². The van der Waals surface area contributed by atoms with Gasteiger partial charge in [0, 0.05) is 5.56 Å². The summed E-state index contributed by atoms with van der Waals surface area (Å²) in [5.41, 5.74) is 3.59. The summed E-state index contributed by atoms with van der Waals surface area (Å²) in [5, 5.41) is 0. The van der Waals surface area contributed by atoms with E-state index in [-0.39, 0.29) is 41.6 Å². The molecule has 2 aromatic carbocycles. The first kappa shape index (κ1) is 21.7. The fraction of sp³-hybridized carbons (Fsp3) is 0.118. The second-order valence-corrected chi connectivity index (χ2v) is 9.57. The molecular weight excluding hydrogens is 419 g/mol. The molecule has 1 N–H and O–H groups in total. The van der Waals surface area contributed by atoms with Gasteiger partial charge in [0.1, 0.15) is 14.5 Å². The van der Waals surface area contributed by atoms with Crippen LogP contribution in [0, 0.1) is 10.7 Å². The third kappa shape index (κ3) is 4.45. The molecule has 26 heavy (non-hydrogen) atoms. The van der Waals surface area contributed by atoms with Crippen LogP contribution in [0.2, 0.25) is 0 Å². The standard InChI is InChI=1S/C17H14O4S4.Na.H/c1-10-3-5-11(6-4-10)16-15(17(22)24-23-16)12-7-8-13(21-2)14(9-12)25(18,19)20;;/h3-9H,1-2H3,(H,18,19,20);;/q;+1;-1. The Balaban J connectivity index is 0.00000182. The van der Waals surface area contributed by atoms with Crippen molar-refractivity contribution >= 4 is 43.0 Å². The van der Waals surface area contributed by atoms with Crippen molar-refractivity contribution in [2.75, 3.05) is 7.11 Å². The van der Waals surface area contributed by atoms with E-state index in [1.54, 1.807) is 16.4 Å². The summed E-state index contributed by atoms with van der Waals surface area (Å²) in [5.74, 6) is 0.0907. The first-order chi connectivity index (χ1) is 11.8. The van der Waals surface area contributed by atoms with Crippen LogP contribution in [0.1, 0.15) is 6.99 Å². The van der Waals surface area contributed by atoms with Crippen LogP contribution < -0.4 is 34.3 Å². The van der Waals surface area contributed by atoms with E-state index in [0.717, 1.165) is 21.6 Å². The Morgan fingerprint density at radius 1 is 1.08 bits per heavy atom. The topological polar surface area (TPSA) is 63.6 Å². The van der Waals surface area contributed by atoms with Crippen LogP contribution in [0.4, 0.5) is 0 Å². The van der Waals surface area contributed by atoms with E-state index < -0.39 is 10.1 Å². The van der Waals surface area contributed by atoms with Crippen molar-refractivity contribution in [2.45, 2.75) is 11.8 Å². The van der Waals surface area contributed by atoms with E-state index in [1.165, 1.54) is 29.6 Å². The molecule has 0 aliphatic carbocycles. The number of methoxy groups -OCH3 is 1. The van der Waals surface area contributed by atoms with Crippen LogP contribution in [0.5, 0.6) is 5.75 Å². The van der Waals surface area contributed by atoms with Gasteiger partial charge in [-0.1, -0.05) is 68.8 Å². The molecule has 0 spiro atoms. The van der Waals surface area contributed by atoms with Crippen LogP contribution in [-0.4, -0.2) is 20.1 Å². The average Bonchev–Trinajstić information content (AvgIpc) is 2.96. The normalized spacial score (nSPS) is 11.0. The summed E-state index contributed by atoms with van der Waals surface area (Å²) in [7, 11) is -0.0445. The fourth-order valence-electron chi connectivity index (χ4n) is 2.44. The van der Waals surface area contributed by atoms with Crippen molar-refractivity contribution < 1.29 is 48.7 Å². The van der Waals surface area contributed by atoms with Crippen LogP contribution in [-0.2, 0) is 10.1 Å². The molecule has 0 radical (unpaired) electrons. The second-order valence-electron chi connectivity index (χ2n) is 5.36. The third-order valence-corrected chi connectivity index (χ3v) is 7.62. The maximum atomic E-state index is 11.7. The molecule has 1 aromatic heterocycles. The SMILES string of the molecule is COc1ccc(-c2c(-c3ccc(C)cc3)ssc2=S)cc1S(=O)(=O)O.[H-].[Na+]. The molecule has 0 saturated heterocycles. The van der Waals surface area contributed by atoms with Gasteiger partial charge in [0.05, 0.1) is 12.0 Å². The van der Waals surface area contributed by atoms with E-state index >= 15 is 0 Å². The van der Waals surface area contributed by atoms with Gasteiger partial charge in [-0.15, -0.1) is 0 Å². The largest absolute Gasteiger partial charge is 1.00 e. The zero-order chi connectivity index (χ0) is 18.2. The van der Waals surface area contributed by atoms with Gasteiger partial charge in [-0.3, -0.25) is 4.55 Å². The molecule has 132 valence electrons. The average molecular weight is 435 g/mol. The smallest absolute Gasteiger partial charge is 1.00 e. The Bertz CT molecular complexity index is 1090. The quantitative estimate of drug-likeness (QED) is 0.296.